The second-order valence-electron chi connectivity index (χ2n) is 4.38. The Kier molecular flexibility index (Phi) is 3.73. The molecule has 1 heteroatoms. The lowest BCUT2D eigenvalue weighted by Gasteiger charge is -2.05. The molecule has 0 saturated carbocycles. The van der Waals surface area contributed by atoms with Crippen molar-refractivity contribution in [3.63, 3.8) is 0 Å². The molecule has 0 fully saturated rings. The van der Waals surface area contributed by atoms with Crippen LogP contribution >= 0.6 is 0 Å². The number of hydrogen-bond donors (Lipinski definition) is 0. The maximum atomic E-state index is 12.3. The zero-order chi connectivity index (χ0) is 13.0. The molecule has 0 bridgehead atoms. The predicted octanol–water partition coefficient (Wildman–Crippen LogP) is 4.28. The van der Waals surface area contributed by atoms with Crippen LogP contribution in [0.25, 0.3) is 6.08 Å². The van der Waals surface area contributed by atoms with Gasteiger partial charge in [-0.1, -0.05) is 54.6 Å². The molecule has 1 nitrogen and oxygen atoms in total. The van der Waals surface area contributed by atoms with Gasteiger partial charge in [0.25, 0.3) is 0 Å². The van der Waals surface area contributed by atoms with Crippen LogP contribution in [-0.4, -0.2) is 5.78 Å². The van der Waals surface area contributed by atoms with Crippen molar-refractivity contribution < 1.29 is 4.79 Å². The molecule has 0 unspecified atom stereocenters. The van der Waals surface area contributed by atoms with Gasteiger partial charge < -0.3 is 0 Å². The highest BCUT2D eigenvalue weighted by molar-refractivity contribution is 6.11. The fourth-order valence-corrected chi connectivity index (χ4v) is 1.90. The van der Waals surface area contributed by atoms with Gasteiger partial charge in [0, 0.05) is 5.56 Å². The lowest BCUT2D eigenvalue weighted by atomic mass is 9.99. The quantitative estimate of drug-likeness (QED) is 0.574. The Morgan fingerprint density at radius 1 is 0.944 bits per heavy atom. The number of carbonyl (C=O) groups is 1. The van der Waals surface area contributed by atoms with E-state index in [4.69, 9.17) is 0 Å². The number of benzene rings is 2. The summed E-state index contributed by atoms with van der Waals surface area (Å²) in [5.74, 6) is 0.0944. The number of rotatable bonds is 3. The van der Waals surface area contributed by atoms with E-state index in [1.807, 2.05) is 74.5 Å². The molecule has 2 rings (SSSR count). The van der Waals surface area contributed by atoms with E-state index in [1.165, 1.54) is 0 Å². The SMILES string of the molecule is CC(=Cc1ccccc1)C(=O)c1ccccc1C. The number of Topliss-reactive ketones (excluding diaryl/α,β-unsaturated/α-hetero) is 1. The third-order valence-electron chi connectivity index (χ3n) is 2.93. The van der Waals surface area contributed by atoms with Crippen LogP contribution in [0, 0.1) is 6.92 Å². The van der Waals surface area contributed by atoms with Crippen molar-refractivity contribution in [1.82, 2.24) is 0 Å². The normalized spacial score (nSPS) is 11.3. The second kappa shape index (κ2) is 5.46. The molecule has 0 N–H and O–H groups in total. The van der Waals surface area contributed by atoms with E-state index in [-0.39, 0.29) is 5.78 Å². The fourth-order valence-electron chi connectivity index (χ4n) is 1.90. The maximum absolute atomic E-state index is 12.3. The fraction of sp³-hybridized carbons (Fsp3) is 0.118. The van der Waals surface area contributed by atoms with Crippen LogP contribution in [0.15, 0.2) is 60.2 Å². The van der Waals surface area contributed by atoms with E-state index in [2.05, 4.69) is 0 Å². The Balaban J connectivity index is 2.30. The zero-order valence-corrected chi connectivity index (χ0v) is 10.7. The molecule has 0 aromatic heterocycles. The van der Waals surface area contributed by atoms with Gasteiger partial charge >= 0.3 is 0 Å². The van der Waals surface area contributed by atoms with Crippen molar-refractivity contribution in [1.29, 1.82) is 0 Å². The summed E-state index contributed by atoms with van der Waals surface area (Å²) in [7, 11) is 0. The summed E-state index contributed by atoms with van der Waals surface area (Å²) in [6.07, 6.45) is 1.93. The molecule has 0 spiro atoms. The number of allylic oxidation sites excluding steroid dienone is 1. The number of ketones is 1. The van der Waals surface area contributed by atoms with Crippen molar-refractivity contribution >= 4 is 11.9 Å². The highest BCUT2D eigenvalue weighted by Crippen LogP contribution is 2.15. The molecule has 0 aliphatic rings. The summed E-state index contributed by atoms with van der Waals surface area (Å²) in [6, 6.07) is 17.6. The minimum Gasteiger partial charge on any atom is -0.289 e. The van der Waals surface area contributed by atoms with Gasteiger partial charge in [0.15, 0.2) is 5.78 Å². The molecule has 0 aliphatic carbocycles. The van der Waals surface area contributed by atoms with Crippen molar-refractivity contribution in [3.05, 3.63) is 76.9 Å². The van der Waals surface area contributed by atoms with Gasteiger partial charge in [-0.2, -0.15) is 0 Å². The smallest absolute Gasteiger partial charge is 0.189 e. The first-order valence-corrected chi connectivity index (χ1v) is 6.02. The zero-order valence-electron chi connectivity index (χ0n) is 10.7. The summed E-state index contributed by atoms with van der Waals surface area (Å²) in [5, 5.41) is 0. The van der Waals surface area contributed by atoms with E-state index in [9.17, 15) is 4.79 Å². The molecule has 0 heterocycles. The van der Waals surface area contributed by atoms with E-state index in [1.54, 1.807) is 0 Å². The molecule has 0 amide bonds. The van der Waals surface area contributed by atoms with E-state index in [0.29, 0.717) is 0 Å². The van der Waals surface area contributed by atoms with Gasteiger partial charge in [-0.3, -0.25) is 4.79 Å². The lowest BCUT2D eigenvalue weighted by Crippen LogP contribution is -2.02. The molecular weight excluding hydrogens is 220 g/mol. The summed E-state index contributed by atoms with van der Waals surface area (Å²) < 4.78 is 0. The molecule has 90 valence electrons. The molecule has 18 heavy (non-hydrogen) atoms. The maximum Gasteiger partial charge on any atom is 0.189 e. The Morgan fingerprint density at radius 3 is 2.22 bits per heavy atom. The third kappa shape index (κ3) is 2.75. The van der Waals surface area contributed by atoms with Crippen LogP contribution in [0.5, 0.6) is 0 Å². The summed E-state index contributed by atoms with van der Waals surface area (Å²) in [4.78, 5) is 12.3. The first kappa shape index (κ1) is 12.3. The largest absolute Gasteiger partial charge is 0.289 e. The molecule has 0 radical (unpaired) electrons. The van der Waals surface area contributed by atoms with Gasteiger partial charge in [0.05, 0.1) is 0 Å². The molecular formula is C17H16O. The summed E-state index contributed by atoms with van der Waals surface area (Å²) in [6.45, 7) is 3.82. The van der Waals surface area contributed by atoms with Crippen molar-refractivity contribution in [2.24, 2.45) is 0 Å². The summed E-state index contributed by atoms with van der Waals surface area (Å²) >= 11 is 0. The first-order valence-electron chi connectivity index (χ1n) is 6.02. The molecule has 2 aromatic carbocycles. The van der Waals surface area contributed by atoms with Gasteiger partial charge in [-0.05, 0) is 36.6 Å². The minimum atomic E-state index is 0.0944. The Hall–Kier alpha value is -2.15. The summed E-state index contributed by atoms with van der Waals surface area (Å²) in [5.41, 5.74) is 3.61. The molecule has 0 atom stereocenters. The van der Waals surface area contributed by atoms with Crippen molar-refractivity contribution in [2.45, 2.75) is 13.8 Å². The standard InChI is InChI=1S/C17H16O/c1-13-8-6-7-11-16(13)17(18)14(2)12-15-9-4-3-5-10-15/h3-12H,1-2H3. The number of aryl methyl sites for hydroxylation is 1. The average molecular weight is 236 g/mol. The lowest BCUT2D eigenvalue weighted by molar-refractivity contribution is 0.103. The highest BCUT2D eigenvalue weighted by Gasteiger charge is 2.09. The van der Waals surface area contributed by atoms with Gasteiger partial charge in [-0.15, -0.1) is 0 Å². The van der Waals surface area contributed by atoms with Crippen LogP contribution < -0.4 is 0 Å². The van der Waals surface area contributed by atoms with Crippen LogP contribution in [0.2, 0.25) is 0 Å². The molecule has 0 saturated heterocycles. The first-order chi connectivity index (χ1) is 8.68. The van der Waals surface area contributed by atoms with Crippen LogP contribution in [0.1, 0.15) is 28.4 Å². The van der Waals surface area contributed by atoms with Gasteiger partial charge in [0.1, 0.15) is 0 Å². The monoisotopic (exact) mass is 236 g/mol. The van der Waals surface area contributed by atoms with E-state index in [0.717, 1.165) is 22.3 Å². The van der Waals surface area contributed by atoms with Crippen molar-refractivity contribution in [3.8, 4) is 0 Å². The van der Waals surface area contributed by atoms with E-state index >= 15 is 0 Å². The molecule has 2 aromatic rings. The average Bonchev–Trinajstić information content (AvgIpc) is 2.39. The van der Waals surface area contributed by atoms with Crippen molar-refractivity contribution in [2.75, 3.05) is 0 Å². The van der Waals surface area contributed by atoms with Gasteiger partial charge in [0.2, 0.25) is 0 Å². The van der Waals surface area contributed by atoms with Crippen LogP contribution in [0.3, 0.4) is 0 Å². The van der Waals surface area contributed by atoms with Crippen LogP contribution in [0.4, 0.5) is 0 Å². The van der Waals surface area contributed by atoms with E-state index < -0.39 is 0 Å². The second-order valence-corrected chi connectivity index (χ2v) is 4.38. The highest BCUT2D eigenvalue weighted by atomic mass is 16.1. The minimum absolute atomic E-state index is 0.0944. The number of hydrogen-bond acceptors (Lipinski definition) is 1. The van der Waals surface area contributed by atoms with Crippen LogP contribution in [-0.2, 0) is 0 Å². The third-order valence-corrected chi connectivity index (χ3v) is 2.93. The number of carbonyl (C=O) groups excluding carboxylic acids is 1. The topological polar surface area (TPSA) is 17.1 Å². The Labute approximate surface area is 108 Å². The Bertz CT molecular complexity index is 580. The molecule has 0 aliphatic heterocycles. The Morgan fingerprint density at radius 2 is 1.56 bits per heavy atom. The predicted molar refractivity (Wildman–Crippen MR) is 75.6 cm³/mol. The van der Waals surface area contributed by atoms with Gasteiger partial charge in [-0.25, -0.2) is 0 Å².